The van der Waals surface area contributed by atoms with Gasteiger partial charge in [0.05, 0.1) is 0 Å². The first-order valence-electron chi connectivity index (χ1n) is 5.23. The van der Waals surface area contributed by atoms with Crippen molar-refractivity contribution in [2.75, 3.05) is 7.05 Å². The summed E-state index contributed by atoms with van der Waals surface area (Å²) >= 11 is 0. The van der Waals surface area contributed by atoms with Crippen LogP contribution < -0.4 is 0 Å². The Bertz CT molecular complexity index is 158. The van der Waals surface area contributed by atoms with Crippen LogP contribution in [-0.2, 0) is 0 Å². The summed E-state index contributed by atoms with van der Waals surface area (Å²) in [6.07, 6.45) is 5.37. The van der Waals surface area contributed by atoms with E-state index in [-0.39, 0.29) is 0 Å². The molecule has 2 nitrogen and oxygen atoms in total. The highest BCUT2D eigenvalue weighted by Gasteiger charge is 1.89. The number of rotatable bonds is 2. The van der Waals surface area contributed by atoms with Gasteiger partial charge in [0, 0.05) is 13.2 Å². The number of amidine groups is 1. The van der Waals surface area contributed by atoms with Crippen molar-refractivity contribution in [2.45, 2.75) is 41.5 Å². The van der Waals surface area contributed by atoms with Gasteiger partial charge >= 0.3 is 0 Å². The number of aliphatic imine (C=N–C) groups is 1. The second-order valence-electron chi connectivity index (χ2n) is 1.95. The lowest BCUT2D eigenvalue weighted by Crippen LogP contribution is -2.16. The van der Waals surface area contributed by atoms with Crippen LogP contribution in [0.15, 0.2) is 30.0 Å². The molecule has 0 N–H and O–H groups in total. The Kier molecular flexibility index (Phi) is 23.9. The first kappa shape index (κ1) is 18.7. The zero-order valence-corrected chi connectivity index (χ0v) is 10.8. The molecule has 84 valence electrons. The Labute approximate surface area is 90.0 Å². The molecular formula is C12H26N2. The van der Waals surface area contributed by atoms with Crippen LogP contribution in [0.5, 0.6) is 0 Å². The topological polar surface area (TPSA) is 15.6 Å². The number of nitrogens with zero attached hydrogens (tertiary/aromatic N) is 2. The summed E-state index contributed by atoms with van der Waals surface area (Å²) in [5.41, 5.74) is 0. The summed E-state index contributed by atoms with van der Waals surface area (Å²) in [7, 11) is 1.91. The number of allylic oxidation sites excluding steroid dienone is 1. The van der Waals surface area contributed by atoms with Crippen molar-refractivity contribution in [1.29, 1.82) is 0 Å². The highest BCUT2D eigenvalue weighted by molar-refractivity contribution is 5.80. The second-order valence-corrected chi connectivity index (χ2v) is 1.95. The van der Waals surface area contributed by atoms with Gasteiger partial charge in [-0.1, -0.05) is 40.3 Å². The lowest BCUT2D eigenvalue weighted by atomic mass is 10.6. The van der Waals surface area contributed by atoms with E-state index in [0.717, 1.165) is 5.84 Å². The summed E-state index contributed by atoms with van der Waals surface area (Å²) in [5, 5.41) is 0. The van der Waals surface area contributed by atoms with E-state index in [4.69, 9.17) is 0 Å². The van der Waals surface area contributed by atoms with Gasteiger partial charge < -0.3 is 4.90 Å². The average Bonchev–Trinajstić information content (AvgIpc) is 2.30. The molecule has 0 aliphatic rings. The molecule has 0 aromatic carbocycles. The Balaban J connectivity index is -0.000000266. The van der Waals surface area contributed by atoms with Crippen LogP contribution in [0.25, 0.3) is 0 Å². The van der Waals surface area contributed by atoms with Gasteiger partial charge in [0.25, 0.3) is 0 Å². The zero-order valence-electron chi connectivity index (χ0n) is 10.8. The fourth-order valence-corrected chi connectivity index (χ4v) is 0.406. The largest absolute Gasteiger partial charge is 0.340 e. The summed E-state index contributed by atoms with van der Waals surface area (Å²) in [5.74, 6) is 0.938. The molecule has 0 aliphatic heterocycles. The molecule has 2 heteroatoms. The van der Waals surface area contributed by atoms with E-state index in [9.17, 15) is 0 Å². The molecular weight excluding hydrogens is 172 g/mol. The molecule has 0 atom stereocenters. The van der Waals surface area contributed by atoms with Crippen molar-refractivity contribution in [2.24, 2.45) is 4.99 Å². The molecule has 0 bridgehead atoms. The van der Waals surface area contributed by atoms with Gasteiger partial charge in [-0.25, -0.2) is 4.99 Å². The third kappa shape index (κ3) is 13.5. The standard InChI is InChI=1S/C8H14N2.2C2H6/c1-5-7-9-8(3)10(4)6-2;2*1-2/h5-7H,2H2,1,3-4H3;2*1-2H3/b7-5-,9-8?;;. The van der Waals surface area contributed by atoms with Gasteiger partial charge in [-0.3, -0.25) is 0 Å². The molecule has 14 heavy (non-hydrogen) atoms. The molecule has 0 aromatic heterocycles. The predicted molar refractivity (Wildman–Crippen MR) is 68.6 cm³/mol. The molecule has 0 saturated heterocycles. The summed E-state index contributed by atoms with van der Waals surface area (Å²) in [6, 6.07) is 0. The normalized spacial score (nSPS) is 9.50. The maximum absolute atomic E-state index is 4.10. The van der Waals surface area contributed by atoms with E-state index in [1.807, 2.05) is 59.6 Å². The monoisotopic (exact) mass is 198 g/mol. The van der Waals surface area contributed by atoms with Crippen LogP contribution in [0.3, 0.4) is 0 Å². The van der Waals surface area contributed by atoms with E-state index in [2.05, 4.69) is 11.6 Å². The molecule has 0 spiro atoms. The van der Waals surface area contributed by atoms with Gasteiger partial charge in [0.1, 0.15) is 5.84 Å². The fourth-order valence-electron chi connectivity index (χ4n) is 0.406. The van der Waals surface area contributed by atoms with Crippen LogP contribution in [0.1, 0.15) is 41.5 Å². The van der Waals surface area contributed by atoms with Crippen molar-refractivity contribution in [3.8, 4) is 0 Å². The van der Waals surface area contributed by atoms with Crippen molar-refractivity contribution in [3.63, 3.8) is 0 Å². The first-order valence-corrected chi connectivity index (χ1v) is 5.23. The fraction of sp³-hybridized carbons (Fsp3) is 0.583. The van der Waals surface area contributed by atoms with Crippen molar-refractivity contribution in [3.05, 3.63) is 25.1 Å². The number of hydrogen-bond donors (Lipinski definition) is 0. The molecule has 0 amide bonds. The summed E-state index contributed by atoms with van der Waals surface area (Å²) < 4.78 is 0. The van der Waals surface area contributed by atoms with Gasteiger partial charge in [-0.2, -0.15) is 0 Å². The van der Waals surface area contributed by atoms with E-state index in [1.165, 1.54) is 0 Å². The molecule has 0 aliphatic carbocycles. The average molecular weight is 198 g/mol. The highest BCUT2D eigenvalue weighted by Crippen LogP contribution is 1.87. The third-order valence-corrected chi connectivity index (χ3v) is 1.19. The minimum absolute atomic E-state index is 0.938. The minimum atomic E-state index is 0.938. The van der Waals surface area contributed by atoms with E-state index in [0.29, 0.717) is 0 Å². The highest BCUT2D eigenvalue weighted by atomic mass is 15.1. The van der Waals surface area contributed by atoms with E-state index >= 15 is 0 Å². The Morgan fingerprint density at radius 3 is 1.93 bits per heavy atom. The molecule has 0 radical (unpaired) electrons. The Morgan fingerprint density at radius 2 is 1.64 bits per heavy atom. The lowest BCUT2D eigenvalue weighted by Gasteiger charge is -2.10. The van der Waals surface area contributed by atoms with Crippen LogP contribution in [0.4, 0.5) is 0 Å². The summed E-state index contributed by atoms with van der Waals surface area (Å²) in [4.78, 5) is 5.97. The molecule has 0 aromatic rings. The Morgan fingerprint density at radius 1 is 1.21 bits per heavy atom. The molecule has 0 saturated carbocycles. The van der Waals surface area contributed by atoms with Crippen LogP contribution in [0.2, 0.25) is 0 Å². The molecule has 0 heterocycles. The minimum Gasteiger partial charge on any atom is -0.340 e. The third-order valence-electron chi connectivity index (χ3n) is 1.19. The summed E-state index contributed by atoms with van der Waals surface area (Å²) in [6.45, 7) is 15.5. The first-order chi connectivity index (χ1) is 6.72. The maximum Gasteiger partial charge on any atom is 0.105 e. The van der Waals surface area contributed by atoms with Gasteiger partial charge in [-0.05, 0) is 20.0 Å². The smallest absolute Gasteiger partial charge is 0.105 e. The van der Waals surface area contributed by atoms with E-state index in [1.54, 1.807) is 12.4 Å². The molecule has 0 fully saturated rings. The SMILES string of the molecule is C=CN(C)C(C)=N/C=C\C.CC.CC. The van der Waals surface area contributed by atoms with Crippen LogP contribution in [-0.4, -0.2) is 17.8 Å². The van der Waals surface area contributed by atoms with Crippen molar-refractivity contribution in [1.82, 2.24) is 4.90 Å². The van der Waals surface area contributed by atoms with Gasteiger partial charge in [-0.15, -0.1) is 0 Å². The predicted octanol–water partition coefficient (Wildman–Crippen LogP) is 4.07. The van der Waals surface area contributed by atoms with Crippen LogP contribution in [0, 0.1) is 0 Å². The zero-order chi connectivity index (χ0) is 12.0. The molecule has 0 rings (SSSR count). The maximum atomic E-state index is 4.10. The second kappa shape index (κ2) is 17.9. The molecule has 0 unspecified atom stereocenters. The van der Waals surface area contributed by atoms with Gasteiger partial charge in [0.15, 0.2) is 0 Å². The van der Waals surface area contributed by atoms with Crippen molar-refractivity contribution < 1.29 is 0 Å². The van der Waals surface area contributed by atoms with Gasteiger partial charge in [0.2, 0.25) is 0 Å². The van der Waals surface area contributed by atoms with Crippen LogP contribution >= 0.6 is 0 Å². The quantitative estimate of drug-likeness (QED) is 0.482. The Hall–Kier alpha value is -1.05. The number of hydrogen-bond acceptors (Lipinski definition) is 1. The van der Waals surface area contributed by atoms with E-state index < -0.39 is 0 Å². The van der Waals surface area contributed by atoms with Crippen molar-refractivity contribution >= 4 is 5.84 Å². The lowest BCUT2D eigenvalue weighted by molar-refractivity contribution is 0.685.